The number of nitrogens with one attached hydrogen (secondary N) is 1. The molecule has 2 amide bonds. The van der Waals surface area contributed by atoms with E-state index < -0.39 is 30.2 Å². The van der Waals surface area contributed by atoms with Gasteiger partial charge in [0.25, 0.3) is 5.91 Å². The highest BCUT2D eigenvalue weighted by atomic mass is 16.6. The highest BCUT2D eigenvalue weighted by Crippen LogP contribution is 2.33. The minimum absolute atomic E-state index is 0.142. The number of carboxylic acid groups (broad SMARTS) is 1. The van der Waals surface area contributed by atoms with Gasteiger partial charge < -0.3 is 25.6 Å². The predicted octanol–water partition coefficient (Wildman–Crippen LogP) is -0.484. The van der Waals surface area contributed by atoms with Crippen LogP contribution in [-0.2, 0) is 9.59 Å². The molecule has 0 radical (unpaired) electrons. The summed E-state index contributed by atoms with van der Waals surface area (Å²) in [6.45, 7) is 0.665. The van der Waals surface area contributed by atoms with Gasteiger partial charge in [-0.3, -0.25) is 9.59 Å². The van der Waals surface area contributed by atoms with E-state index in [9.17, 15) is 14.4 Å². The van der Waals surface area contributed by atoms with Crippen LogP contribution in [0.25, 0.3) is 0 Å². The fourth-order valence-corrected chi connectivity index (χ4v) is 1.89. The zero-order valence-electron chi connectivity index (χ0n) is 11.0. The molecule has 1 aromatic rings. The van der Waals surface area contributed by atoms with Crippen LogP contribution in [0.3, 0.4) is 0 Å². The summed E-state index contributed by atoms with van der Waals surface area (Å²) in [5, 5.41) is 11.2. The normalized spacial score (nSPS) is 14.1. The van der Waals surface area contributed by atoms with E-state index >= 15 is 0 Å². The fraction of sp³-hybridized carbons (Fsp3) is 0.308. The van der Waals surface area contributed by atoms with Crippen LogP contribution >= 0.6 is 0 Å². The molecule has 8 heteroatoms. The molecule has 4 N–H and O–H groups in total. The maximum Gasteiger partial charge on any atom is 0.326 e. The molecule has 0 saturated carbocycles. The van der Waals surface area contributed by atoms with Crippen LogP contribution in [0.4, 0.5) is 0 Å². The Kier molecular flexibility index (Phi) is 4.27. The summed E-state index contributed by atoms with van der Waals surface area (Å²) in [7, 11) is 0. The molecule has 112 valence electrons. The Bertz CT molecular complexity index is 586. The number of hydrogen-bond donors (Lipinski definition) is 3. The van der Waals surface area contributed by atoms with Crippen molar-refractivity contribution in [2.75, 3.05) is 13.2 Å². The molecule has 0 fully saturated rings. The fourth-order valence-electron chi connectivity index (χ4n) is 1.89. The van der Waals surface area contributed by atoms with Gasteiger partial charge in [0.2, 0.25) is 5.91 Å². The lowest BCUT2D eigenvalue weighted by Gasteiger charge is -2.21. The van der Waals surface area contributed by atoms with Gasteiger partial charge in [-0.25, -0.2) is 4.79 Å². The third-order valence-corrected chi connectivity index (χ3v) is 2.82. The summed E-state index contributed by atoms with van der Waals surface area (Å²) in [6, 6.07) is 3.32. The maximum atomic E-state index is 12.2. The van der Waals surface area contributed by atoms with Gasteiger partial charge in [0.15, 0.2) is 11.5 Å². The third kappa shape index (κ3) is 3.41. The number of carbonyl (C=O) groups excluding carboxylic acids is 2. The van der Waals surface area contributed by atoms with Crippen molar-refractivity contribution in [3.8, 4) is 11.5 Å². The quantitative estimate of drug-likeness (QED) is 0.672. The van der Waals surface area contributed by atoms with Crippen molar-refractivity contribution >= 4 is 17.8 Å². The van der Waals surface area contributed by atoms with E-state index in [0.29, 0.717) is 19.0 Å². The number of nitrogens with two attached hydrogens (primary N) is 1. The molecule has 0 aliphatic carbocycles. The Balaban J connectivity index is 2.20. The summed E-state index contributed by atoms with van der Waals surface area (Å²) in [4.78, 5) is 34.0. The van der Waals surface area contributed by atoms with Crippen LogP contribution in [0.2, 0.25) is 0 Å². The van der Waals surface area contributed by atoms with Crippen molar-refractivity contribution in [2.24, 2.45) is 5.73 Å². The molecular formula is C13H14N2O6. The van der Waals surface area contributed by atoms with Gasteiger partial charge in [0, 0.05) is 0 Å². The summed E-state index contributed by atoms with van der Waals surface area (Å²) in [6.07, 6.45) is -0.493. The summed E-state index contributed by atoms with van der Waals surface area (Å²) in [5.41, 5.74) is 5.10. The van der Waals surface area contributed by atoms with Crippen LogP contribution in [0, 0.1) is 0 Å². The van der Waals surface area contributed by atoms with E-state index in [1.54, 1.807) is 12.1 Å². The number of para-hydroxylation sites is 1. The molecule has 1 heterocycles. The number of carboxylic acids is 1. The topological polar surface area (TPSA) is 128 Å². The van der Waals surface area contributed by atoms with E-state index in [1.165, 1.54) is 6.07 Å². The first-order valence-corrected chi connectivity index (χ1v) is 6.19. The average molecular weight is 294 g/mol. The van der Waals surface area contributed by atoms with Gasteiger partial charge in [0.05, 0.1) is 12.0 Å². The molecule has 1 atom stereocenters. The van der Waals surface area contributed by atoms with Gasteiger partial charge in [0.1, 0.15) is 19.3 Å². The minimum atomic E-state index is -1.39. The lowest BCUT2D eigenvalue weighted by atomic mass is 10.1. The average Bonchev–Trinajstić information content (AvgIpc) is 2.45. The monoisotopic (exact) mass is 294 g/mol. The molecule has 1 aromatic carbocycles. The smallest absolute Gasteiger partial charge is 0.326 e. The Labute approximate surface area is 119 Å². The number of benzene rings is 1. The molecule has 0 saturated heterocycles. The maximum absolute atomic E-state index is 12.2. The van der Waals surface area contributed by atoms with E-state index in [1.807, 2.05) is 0 Å². The second-order valence-corrected chi connectivity index (χ2v) is 4.36. The summed E-state index contributed by atoms with van der Waals surface area (Å²) in [5.74, 6) is -2.17. The van der Waals surface area contributed by atoms with Crippen LogP contribution in [0.1, 0.15) is 16.8 Å². The van der Waals surface area contributed by atoms with Crippen molar-refractivity contribution in [1.82, 2.24) is 5.32 Å². The first-order chi connectivity index (χ1) is 9.99. The molecule has 0 unspecified atom stereocenters. The van der Waals surface area contributed by atoms with E-state index in [2.05, 4.69) is 5.32 Å². The van der Waals surface area contributed by atoms with Crippen LogP contribution in [0.5, 0.6) is 11.5 Å². The van der Waals surface area contributed by atoms with Crippen molar-refractivity contribution in [2.45, 2.75) is 12.5 Å². The van der Waals surface area contributed by atoms with Crippen LogP contribution < -0.4 is 20.5 Å². The molecule has 2 rings (SSSR count). The number of fused-ring (bicyclic) bond motifs is 1. The second kappa shape index (κ2) is 6.12. The number of aliphatic carboxylic acids is 1. The SMILES string of the molecule is NC(=O)C[C@@H](NC(=O)c1cccc2c1OCCO2)C(=O)O. The number of rotatable bonds is 5. The van der Waals surface area contributed by atoms with E-state index in [4.69, 9.17) is 20.3 Å². The molecule has 0 bridgehead atoms. The lowest BCUT2D eigenvalue weighted by molar-refractivity contribution is -0.140. The van der Waals surface area contributed by atoms with Gasteiger partial charge in [-0.2, -0.15) is 0 Å². The molecule has 21 heavy (non-hydrogen) atoms. The van der Waals surface area contributed by atoms with E-state index in [0.717, 1.165) is 0 Å². The lowest BCUT2D eigenvalue weighted by Crippen LogP contribution is -2.43. The Morgan fingerprint density at radius 3 is 2.67 bits per heavy atom. The minimum Gasteiger partial charge on any atom is -0.486 e. The standard InChI is InChI=1S/C13H14N2O6/c14-10(16)6-8(13(18)19)15-12(17)7-2-1-3-9-11(7)21-5-4-20-9/h1-3,8H,4-6H2,(H2,14,16)(H,15,17)(H,18,19)/t8-/m1/s1. The van der Waals surface area contributed by atoms with Crippen molar-refractivity contribution in [1.29, 1.82) is 0 Å². The number of primary amides is 1. The Morgan fingerprint density at radius 1 is 1.29 bits per heavy atom. The number of ether oxygens (including phenoxy) is 2. The van der Waals surface area contributed by atoms with Gasteiger partial charge in [-0.1, -0.05) is 6.07 Å². The zero-order valence-corrected chi connectivity index (χ0v) is 11.0. The van der Waals surface area contributed by atoms with Crippen LogP contribution in [0.15, 0.2) is 18.2 Å². The van der Waals surface area contributed by atoms with Gasteiger partial charge >= 0.3 is 5.97 Å². The Hall–Kier alpha value is -2.77. The van der Waals surface area contributed by atoms with Crippen molar-refractivity contribution in [3.05, 3.63) is 23.8 Å². The predicted molar refractivity (Wildman–Crippen MR) is 70.1 cm³/mol. The largest absolute Gasteiger partial charge is 0.486 e. The van der Waals surface area contributed by atoms with Gasteiger partial charge in [-0.15, -0.1) is 0 Å². The molecule has 8 nitrogen and oxygen atoms in total. The zero-order chi connectivity index (χ0) is 15.4. The number of hydrogen-bond acceptors (Lipinski definition) is 5. The molecule has 1 aliphatic heterocycles. The second-order valence-electron chi connectivity index (χ2n) is 4.36. The molecular weight excluding hydrogens is 280 g/mol. The van der Waals surface area contributed by atoms with Crippen LogP contribution in [-0.4, -0.2) is 42.1 Å². The van der Waals surface area contributed by atoms with Crippen molar-refractivity contribution < 1.29 is 29.0 Å². The highest BCUT2D eigenvalue weighted by Gasteiger charge is 2.26. The summed E-state index contributed by atoms with van der Waals surface area (Å²) >= 11 is 0. The third-order valence-electron chi connectivity index (χ3n) is 2.82. The molecule has 0 aromatic heterocycles. The number of carbonyl (C=O) groups is 3. The molecule has 0 spiro atoms. The summed E-state index contributed by atoms with van der Waals surface area (Å²) < 4.78 is 10.7. The Morgan fingerprint density at radius 2 is 2.00 bits per heavy atom. The number of amides is 2. The molecule has 1 aliphatic rings. The van der Waals surface area contributed by atoms with E-state index in [-0.39, 0.29) is 11.3 Å². The van der Waals surface area contributed by atoms with Crippen molar-refractivity contribution in [3.63, 3.8) is 0 Å². The highest BCUT2D eigenvalue weighted by molar-refractivity contribution is 6.00. The van der Waals surface area contributed by atoms with Gasteiger partial charge in [-0.05, 0) is 12.1 Å². The first kappa shape index (κ1) is 14.6. The first-order valence-electron chi connectivity index (χ1n) is 6.19.